The Kier molecular flexibility index (Phi) is 42.0. The average molecular weight is 771 g/mol. The summed E-state index contributed by atoms with van der Waals surface area (Å²) in [5, 5.41) is 0. The van der Waals surface area contributed by atoms with Gasteiger partial charge >= 0.3 is 17.9 Å². The standard InChI is InChI=1S/C49H86O6/c1-4-7-10-13-16-19-22-23-24-25-28-30-33-36-39-42-48(51)54-45-46(55-49(52)43-40-37-34-31-27-21-18-15-12-9-6-3)44-53-47(50)41-38-35-32-29-26-20-17-14-11-8-5-2/h14,16-17,19,23-24,28,30,46H,4-13,15,18,20-22,25-27,29,31-45H2,1-3H3/b17-14-,19-16-,24-23-,30-28-/t46-/m0/s1. The van der Waals surface area contributed by atoms with Crippen molar-refractivity contribution in [3.8, 4) is 0 Å². The van der Waals surface area contributed by atoms with Crippen molar-refractivity contribution in [2.45, 2.75) is 232 Å². The molecule has 318 valence electrons. The van der Waals surface area contributed by atoms with Crippen LogP contribution in [0, 0.1) is 0 Å². The van der Waals surface area contributed by atoms with E-state index in [4.69, 9.17) is 14.2 Å². The van der Waals surface area contributed by atoms with Crippen LogP contribution in [0.2, 0.25) is 0 Å². The minimum atomic E-state index is -0.786. The van der Waals surface area contributed by atoms with E-state index in [9.17, 15) is 14.4 Å². The summed E-state index contributed by atoms with van der Waals surface area (Å²) in [7, 11) is 0. The summed E-state index contributed by atoms with van der Waals surface area (Å²) in [6.45, 7) is 6.51. The quantitative estimate of drug-likeness (QED) is 0.0267. The summed E-state index contributed by atoms with van der Waals surface area (Å²) in [4.78, 5) is 37.7. The first-order chi connectivity index (χ1) is 27.0. The molecule has 0 unspecified atom stereocenters. The van der Waals surface area contributed by atoms with Crippen LogP contribution in [0.4, 0.5) is 0 Å². The number of ether oxygens (including phenoxy) is 3. The third-order valence-corrected chi connectivity index (χ3v) is 9.81. The monoisotopic (exact) mass is 771 g/mol. The van der Waals surface area contributed by atoms with Crippen molar-refractivity contribution >= 4 is 17.9 Å². The molecule has 0 aromatic rings. The molecule has 0 N–H and O–H groups in total. The number of carbonyl (C=O) groups is 3. The summed E-state index contributed by atoms with van der Waals surface area (Å²) in [6.07, 6.45) is 50.9. The van der Waals surface area contributed by atoms with Gasteiger partial charge in [-0.25, -0.2) is 0 Å². The minimum Gasteiger partial charge on any atom is -0.462 e. The van der Waals surface area contributed by atoms with Crippen LogP contribution < -0.4 is 0 Å². The highest BCUT2D eigenvalue weighted by atomic mass is 16.6. The molecule has 0 amide bonds. The third-order valence-electron chi connectivity index (χ3n) is 9.81. The minimum absolute atomic E-state index is 0.0883. The lowest BCUT2D eigenvalue weighted by Gasteiger charge is -2.18. The Bertz CT molecular complexity index is 980. The van der Waals surface area contributed by atoms with Crippen LogP contribution in [0.5, 0.6) is 0 Å². The van der Waals surface area contributed by atoms with Crippen molar-refractivity contribution in [1.82, 2.24) is 0 Å². The molecule has 0 fully saturated rings. The first kappa shape index (κ1) is 52.4. The van der Waals surface area contributed by atoms with E-state index in [-0.39, 0.29) is 31.1 Å². The van der Waals surface area contributed by atoms with E-state index in [1.807, 2.05) is 0 Å². The van der Waals surface area contributed by atoms with Gasteiger partial charge in [-0.3, -0.25) is 14.4 Å². The molecule has 0 aliphatic carbocycles. The van der Waals surface area contributed by atoms with Crippen LogP contribution in [0.15, 0.2) is 48.6 Å². The van der Waals surface area contributed by atoms with Gasteiger partial charge in [0.05, 0.1) is 0 Å². The van der Waals surface area contributed by atoms with Crippen LogP contribution >= 0.6 is 0 Å². The predicted octanol–water partition coefficient (Wildman–Crippen LogP) is 14.8. The third kappa shape index (κ3) is 42.4. The van der Waals surface area contributed by atoms with E-state index in [2.05, 4.69) is 69.4 Å². The molecular formula is C49H86O6. The predicted molar refractivity (Wildman–Crippen MR) is 233 cm³/mol. The lowest BCUT2D eigenvalue weighted by atomic mass is 10.1. The normalized spacial score (nSPS) is 12.4. The van der Waals surface area contributed by atoms with Crippen molar-refractivity contribution in [3.05, 3.63) is 48.6 Å². The van der Waals surface area contributed by atoms with Gasteiger partial charge in [0.1, 0.15) is 13.2 Å². The Morgan fingerprint density at radius 2 is 0.673 bits per heavy atom. The van der Waals surface area contributed by atoms with Crippen molar-refractivity contribution < 1.29 is 28.6 Å². The van der Waals surface area contributed by atoms with Gasteiger partial charge in [0.25, 0.3) is 0 Å². The van der Waals surface area contributed by atoms with E-state index in [1.54, 1.807) is 0 Å². The molecule has 0 saturated heterocycles. The van der Waals surface area contributed by atoms with Crippen LogP contribution in [0.3, 0.4) is 0 Å². The van der Waals surface area contributed by atoms with E-state index in [0.717, 1.165) is 77.0 Å². The van der Waals surface area contributed by atoms with E-state index in [0.29, 0.717) is 19.3 Å². The van der Waals surface area contributed by atoms with Crippen LogP contribution in [-0.4, -0.2) is 37.2 Å². The average Bonchev–Trinajstić information content (AvgIpc) is 3.18. The van der Waals surface area contributed by atoms with Gasteiger partial charge in [0, 0.05) is 19.3 Å². The molecule has 0 aromatic heterocycles. The molecule has 1 atom stereocenters. The van der Waals surface area contributed by atoms with Crippen molar-refractivity contribution in [1.29, 1.82) is 0 Å². The molecule has 0 bridgehead atoms. The Morgan fingerprint density at radius 1 is 0.364 bits per heavy atom. The molecule has 55 heavy (non-hydrogen) atoms. The highest BCUT2D eigenvalue weighted by molar-refractivity contribution is 5.71. The Labute approximate surface area is 339 Å². The molecule has 0 rings (SSSR count). The number of hydrogen-bond donors (Lipinski definition) is 0. The lowest BCUT2D eigenvalue weighted by molar-refractivity contribution is -0.167. The molecule has 0 aromatic carbocycles. The van der Waals surface area contributed by atoms with Crippen molar-refractivity contribution in [2.75, 3.05) is 13.2 Å². The first-order valence-electron chi connectivity index (χ1n) is 23.1. The maximum absolute atomic E-state index is 12.7. The fraction of sp³-hybridized carbons (Fsp3) is 0.776. The molecule has 0 heterocycles. The summed E-state index contributed by atoms with van der Waals surface area (Å²) in [5.41, 5.74) is 0. The number of carbonyl (C=O) groups excluding carboxylic acids is 3. The van der Waals surface area contributed by atoms with E-state index in [1.165, 1.54) is 109 Å². The van der Waals surface area contributed by atoms with Gasteiger partial charge in [-0.05, 0) is 77.0 Å². The fourth-order valence-corrected chi connectivity index (χ4v) is 6.25. The molecule has 0 radical (unpaired) electrons. The smallest absolute Gasteiger partial charge is 0.306 e. The second kappa shape index (κ2) is 44.1. The molecule has 6 heteroatoms. The van der Waals surface area contributed by atoms with Crippen molar-refractivity contribution in [3.63, 3.8) is 0 Å². The highest BCUT2D eigenvalue weighted by Crippen LogP contribution is 2.14. The molecule has 6 nitrogen and oxygen atoms in total. The Balaban J connectivity index is 4.43. The topological polar surface area (TPSA) is 78.9 Å². The summed E-state index contributed by atoms with van der Waals surface area (Å²) in [6, 6.07) is 0. The van der Waals surface area contributed by atoms with Crippen LogP contribution in [0.25, 0.3) is 0 Å². The molecule has 0 saturated carbocycles. The zero-order valence-electron chi connectivity index (χ0n) is 36.2. The first-order valence-corrected chi connectivity index (χ1v) is 23.1. The largest absolute Gasteiger partial charge is 0.462 e. The molecule has 0 spiro atoms. The van der Waals surface area contributed by atoms with Crippen LogP contribution in [-0.2, 0) is 28.6 Å². The number of unbranched alkanes of at least 4 members (excludes halogenated alkanes) is 22. The van der Waals surface area contributed by atoms with Gasteiger partial charge in [-0.2, -0.15) is 0 Å². The second-order valence-corrected chi connectivity index (χ2v) is 15.3. The summed E-state index contributed by atoms with van der Waals surface area (Å²) < 4.78 is 16.7. The maximum atomic E-state index is 12.7. The van der Waals surface area contributed by atoms with Crippen molar-refractivity contribution in [2.24, 2.45) is 0 Å². The fourth-order valence-electron chi connectivity index (χ4n) is 6.25. The van der Waals surface area contributed by atoms with Gasteiger partial charge in [0.15, 0.2) is 6.10 Å². The van der Waals surface area contributed by atoms with Gasteiger partial charge in [-0.1, -0.05) is 179 Å². The SMILES string of the molecule is CCCC/C=C\CCCCCCCC(=O)OC[C@@H](COC(=O)CCCC/C=C\C/C=C\C/C=C\CCCCC)OC(=O)CCCCCCCCCCCCC. The Hall–Kier alpha value is -2.63. The number of hydrogen-bond acceptors (Lipinski definition) is 6. The highest BCUT2D eigenvalue weighted by Gasteiger charge is 2.19. The molecular weight excluding hydrogens is 685 g/mol. The zero-order chi connectivity index (χ0) is 40.1. The van der Waals surface area contributed by atoms with E-state index < -0.39 is 6.10 Å². The summed E-state index contributed by atoms with van der Waals surface area (Å²) in [5.74, 6) is -0.938. The van der Waals surface area contributed by atoms with E-state index >= 15 is 0 Å². The lowest BCUT2D eigenvalue weighted by Crippen LogP contribution is -2.30. The van der Waals surface area contributed by atoms with Crippen LogP contribution in [0.1, 0.15) is 226 Å². The van der Waals surface area contributed by atoms with Gasteiger partial charge in [0.2, 0.25) is 0 Å². The van der Waals surface area contributed by atoms with Gasteiger partial charge < -0.3 is 14.2 Å². The zero-order valence-corrected chi connectivity index (χ0v) is 36.2. The molecule has 0 aliphatic heterocycles. The van der Waals surface area contributed by atoms with Gasteiger partial charge in [-0.15, -0.1) is 0 Å². The number of esters is 3. The molecule has 0 aliphatic rings. The maximum Gasteiger partial charge on any atom is 0.306 e. The number of rotatable bonds is 41. The second-order valence-electron chi connectivity index (χ2n) is 15.3. The Morgan fingerprint density at radius 3 is 1.16 bits per heavy atom. The summed E-state index contributed by atoms with van der Waals surface area (Å²) >= 11 is 0. The number of allylic oxidation sites excluding steroid dienone is 8.